The van der Waals surface area contributed by atoms with E-state index in [0.29, 0.717) is 41.2 Å². The average molecular weight is 476 g/mol. The zero-order valence-corrected chi connectivity index (χ0v) is 19.3. The summed E-state index contributed by atoms with van der Waals surface area (Å²) in [6.07, 6.45) is 1.61. The molecule has 0 radical (unpaired) electrons. The molecule has 2 amide bonds. The third-order valence-electron chi connectivity index (χ3n) is 6.14. The van der Waals surface area contributed by atoms with Crippen LogP contribution in [-0.2, 0) is 11.3 Å². The number of hydrogen-bond donors (Lipinski definition) is 2. The third kappa shape index (κ3) is 4.88. The Balaban J connectivity index is 1.94. The van der Waals surface area contributed by atoms with Crippen LogP contribution in [0.25, 0.3) is 22.4 Å². The van der Waals surface area contributed by atoms with Gasteiger partial charge in [0.1, 0.15) is 29.9 Å². The Kier molecular flexibility index (Phi) is 6.85. The largest absolute Gasteiger partial charge is 0.497 e. The summed E-state index contributed by atoms with van der Waals surface area (Å²) in [4.78, 5) is 27.4. The molecule has 2 aromatic carbocycles. The van der Waals surface area contributed by atoms with E-state index in [1.807, 2.05) is 6.07 Å². The number of ether oxygens (including phenoxy) is 1. The number of piperidine rings is 1. The molecule has 3 aromatic rings. The van der Waals surface area contributed by atoms with E-state index in [4.69, 9.17) is 21.5 Å². The predicted octanol–water partition coefficient (Wildman–Crippen LogP) is 2.89. The van der Waals surface area contributed by atoms with Crippen LogP contribution in [0.2, 0.25) is 0 Å². The maximum Gasteiger partial charge on any atom is 0.270 e. The first-order valence-electron chi connectivity index (χ1n) is 11.2. The van der Waals surface area contributed by atoms with Gasteiger partial charge in [-0.25, -0.2) is 4.39 Å². The summed E-state index contributed by atoms with van der Waals surface area (Å²) in [5, 5.41) is 9.13. The number of nitriles is 1. The average Bonchev–Trinajstić information content (AvgIpc) is 3.21. The lowest BCUT2D eigenvalue weighted by Crippen LogP contribution is -2.46. The molecule has 0 spiro atoms. The van der Waals surface area contributed by atoms with Crippen LogP contribution in [-0.4, -0.2) is 47.5 Å². The molecule has 2 heterocycles. The van der Waals surface area contributed by atoms with Crippen molar-refractivity contribution in [1.29, 1.82) is 5.26 Å². The van der Waals surface area contributed by atoms with E-state index in [1.54, 1.807) is 53.0 Å². The van der Waals surface area contributed by atoms with Gasteiger partial charge in [0.05, 0.1) is 18.4 Å². The van der Waals surface area contributed by atoms with E-state index in [0.717, 1.165) is 12.8 Å². The highest BCUT2D eigenvalue weighted by molar-refractivity contribution is 5.98. The molecule has 0 saturated carbocycles. The fraction of sp³-hybridized carbons (Fsp3) is 0.269. The zero-order chi connectivity index (χ0) is 25.1. The second kappa shape index (κ2) is 9.99. The zero-order valence-electron chi connectivity index (χ0n) is 19.3. The van der Waals surface area contributed by atoms with Gasteiger partial charge < -0.3 is 25.7 Å². The highest BCUT2D eigenvalue weighted by Crippen LogP contribution is 2.37. The molecule has 1 aliphatic heterocycles. The number of primary amides is 1. The van der Waals surface area contributed by atoms with Gasteiger partial charge in [0.25, 0.3) is 5.91 Å². The van der Waals surface area contributed by atoms with Crippen LogP contribution >= 0.6 is 0 Å². The van der Waals surface area contributed by atoms with Crippen LogP contribution < -0.4 is 16.2 Å². The van der Waals surface area contributed by atoms with Gasteiger partial charge in [0.15, 0.2) is 0 Å². The first kappa shape index (κ1) is 24.0. The highest BCUT2D eigenvalue weighted by atomic mass is 19.1. The number of rotatable bonds is 6. The second-order valence-corrected chi connectivity index (χ2v) is 8.53. The molecule has 0 aliphatic carbocycles. The van der Waals surface area contributed by atoms with Crippen LogP contribution in [0.5, 0.6) is 5.75 Å². The molecule has 180 valence electrons. The van der Waals surface area contributed by atoms with E-state index in [9.17, 15) is 14.0 Å². The molecule has 1 saturated heterocycles. The summed E-state index contributed by atoms with van der Waals surface area (Å²) in [5.41, 5.74) is 14.0. The topological polar surface area (TPSA) is 127 Å². The van der Waals surface area contributed by atoms with Gasteiger partial charge in [-0.15, -0.1) is 0 Å². The lowest BCUT2D eigenvalue weighted by atomic mass is 9.99. The van der Waals surface area contributed by atoms with Crippen molar-refractivity contribution in [3.63, 3.8) is 0 Å². The highest BCUT2D eigenvalue weighted by Gasteiger charge is 2.29. The number of amides is 2. The van der Waals surface area contributed by atoms with Crippen molar-refractivity contribution in [2.45, 2.75) is 25.4 Å². The quantitative estimate of drug-likeness (QED) is 0.567. The molecule has 0 bridgehead atoms. The summed E-state index contributed by atoms with van der Waals surface area (Å²) in [7, 11) is 1.55. The minimum absolute atomic E-state index is 0.0880. The SMILES string of the molecule is COc1ccc(-c2c(-c3ccc(C#N)c(F)c3)cc(C(=O)N3CCC[C@@H](N)C3)n2CC(N)=O)cc1. The number of benzene rings is 2. The minimum Gasteiger partial charge on any atom is -0.497 e. The van der Waals surface area contributed by atoms with Gasteiger partial charge in [-0.1, -0.05) is 6.07 Å². The first-order valence-corrected chi connectivity index (χ1v) is 11.2. The Hall–Kier alpha value is -4.16. The molecule has 35 heavy (non-hydrogen) atoms. The predicted molar refractivity (Wildman–Crippen MR) is 129 cm³/mol. The van der Waals surface area contributed by atoms with E-state index >= 15 is 0 Å². The molecular formula is C26H26FN5O3. The van der Waals surface area contributed by atoms with E-state index in [1.165, 1.54) is 12.1 Å². The van der Waals surface area contributed by atoms with Crippen molar-refractivity contribution >= 4 is 11.8 Å². The number of halogens is 1. The Morgan fingerprint density at radius 2 is 1.89 bits per heavy atom. The molecule has 8 nitrogen and oxygen atoms in total. The number of carbonyl (C=O) groups is 2. The van der Waals surface area contributed by atoms with Crippen LogP contribution in [0.4, 0.5) is 4.39 Å². The lowest BCUT2D eigenvalue weighted by molar-refractivity contribution is -0.118. The minimum atomic E-state index is -0.678. The van der Waals surface area contributed by atoms with Crippen LogP contribution in [0, 0.1) is 17.1 Å². The van der Waals surface area contributed by atoms with Crippen molar-refractivity contribution in [1.82, 2.24) is 9.47 Å². The van der Waals surface area contributed by atoms with E-state index in [2.05, 4.69) is 0 Å². The summed E-state index contributed by atoms with van der Waals surface area (Å²) in [6, 6.07) is 14.7. The number of hydrogen-bond acceptors (Lipinski definition) is 5. The van der Waals surface area contributed by atoms with Gasteiger partial charge in [0, 0.05) is 24.7 Å². The Bertz CT molecular complexity index is 1310. The molecule has 1 aliphatic rings. The molecule has 1 atom stereocenters. The van der Waals surface area contributed by atoms with Crippen LogP contribution in [0.15, 0.2) is 48.5 Å². The number of nitrogens with two attached hydrogens (primary N) is 2. The molecule has 4 N–H and O–H groups in total. The van der Waals surface area contributed by atoms with Crippen molar-refractivity contribution in [2.24, 2.45) is 11.5 Å². The molecular weight excluding hydrogens is 449 g/mol. The monoisotopic (exact) mass is 475 g/mol. The molecule has 9 heteroatoms. The summed E-state index contributed by atoms with van der Waals surface area (Å²) in [6.45, 7) is 0.702. The number of carbonyl (C=O) groups excluding carboxylic acids is 2. The Morgan fingerprint density at radius 3 is 2.49 bits per heavy atom. The second-order valence-electron chi connectivity index (χ2n) is 8.53. The van der Waals surface area contributed by atoms with Gasteiger partial charge in [-0.3, -0.25) is 9.59 Å². The normalized spacial score (nSPS) is 15.5. The molecule has 1 fully saturated rings. The summed E-state index contributed by atoms with van der Waals surface area (Å²) >= 11 is 0. The van der Waals surface area contributed by atoms with E-state index in [-0.39, 0.29) is 29.8 Å². The lowest BCUT2D eigenvalue weighted by Gasteiger charge is -2.31. The number of methoxy groups -OCH3 is 1. The van der Waals surface area contributed by atoms with Crippen molar-refractivity contribution < 1.29 is 18.7 Å². The van der Waals surface area contributed by atoms with Crippen LogP contribution in [0.3, 0.4) is 0 Å². The van der Waals surface area contributed by atoms with E-state index < -0.39 is 11.7 Å². The van der Waals surface area contributed by atoms with Crippen molar-refractivity contribution in [3.05, 3.63) is 65.6 Å². The molecule has 0 unspecified atom stereocenters. The number of likely N-dealkylation sites (tertiary alicyclic amines) is 1. The maximum atomic E-state index is 14.6. The Labute approximate surface area is 202 Å². The molecule has 1 aromatic heterocycles. The van der Waals surface area contributed by atoms with Gasteiger partial charge in [-0.2, -0.15) is 5.26 Å². The summed E-state index contributed by atoms with van der Waals surface area (Å²) < 4.78 is 21.4. The fourth-order valence-electron chi connectivity index (χ4n) is 4.46. The molecule has 4 rings (SSSR count). The van der Waals surface area contributed by atoms with Gasteiger partial charge >= 0.3 is 0 Å². The van der Waals surface area contributed by atoms with Crippen molar-refractivity contribution in [2.75, 3.05) is 20.2 Å². The number of nitrogens with zero attached hydrogens (tertiary/aromatic N) is 3. The Morgan fingerprint density at radius 1 is 1.17 bits per heavy atom. The van der Waals surface area contributed by atoms with Crippen molar-refractivity contribution in [3.8, 4) is 34.2 Å². The first-order chi connectivity index (χ1) is 16.8. The smallest absolute Gasteiger partial charge is 0.270 e. The van der Waals surface area contributed by atoms with Gasteiger partial charge in [-0.05, 0) is 66.4 Å². The van der Waals surface area contributed by atoms with Gasteiger partial charge in [0.2, 0.25) is 5.91 Å². The maximum absolute atomic E-state index is 14.6. The standard InChI is InChI=1S/C26H26FN5O3/c1-35-20-8-6-16(7-9-20)25-21(17-4-5-18(13-28)22(27)11-17)12-23(32(25)15-24(30)33)26(34)31-10-2-3-19(29)14-31/h4-9,11-12,19H,2-3,10,14-15,29H2,1H3,(H2,30,33)/t19-/m1/s1. The third-order valence-corrected chi connectivity index (χ3v) is 6.14. The number of aromatic nitrogens is 1. The van der Waals surface area contributed by atoms with Crippen LogP contribution in [0.1, 0.15) is 28.9 Å². The summed E-state index contributed by atoms with van der Waals surface area (Å²) in [5.74, 6) is -0.955. The fourth-order valence-corrected chi connectivity index (χ4v) is 4.46.